The van der Waals surface area contributed by atoms with Gasteiger partial charge in [-0.25, -0.2) is 4.57 Å². The summed E-state index contributed by atoms with van der Waals surface area (Å²) in [5.41, 5.74) is 5.37. The average molecular weight is 860 g/mol. The number of unbranched alkanes of at least 4 members (excludes halogenated alkanes) is 18. The number of carbonyl (C=O) groups is 1. The fourth-order valence-corrected chi connectivity index (χ4v) is 7.08. The Balaban J connectivity index is 4.09. The summed E-state index contributed by atoms with van der Waals surface area (Å²) < 4.78 is 33.4. The van der Waals surface area contributed by atoms with Crippen molar-refractivity contribution in [2.24, 2.45) is 5.73 Å². The summed E-state index contributed by atoms with van der Waals surface area (Å²) in [6.07, 6.45) is 62.0. The molecule has 0 bridgehead atoms. The summed E-state index contributed by atoms with van der Waals surface area (Å²) in [5, 5.41) is 0. The second-order valence-electron chi connectivity index (χ2n) is 15.6. The molecule has 0 aliphatic carbocycles. The van der Waals surface area contributed by atoms with Crippen molar-refractivity contribution in [2.45, 2.75) is 200 Å². The molecule has 0 amide bonds. The molecule has 0 spiro atoms. The van der Waals surface area contributed by atoms with E-state index in [0.29, 0.717) is 13.0 Å². The zero-order valence-electron chi connectivity index (χ0n) is 38.4. The molecule has 0 radical (unpaired) electrons. The predicted octanol–water partition coefficient (Wildman–Crippen LogP) is 14.9. The van der Waals surface area contributed by atoms with E-state index in [-0.39, 0.29) is 32.8 Å². The van der Waals surface area contributed by atoms with E-state index in [0.717, 1.165) is 51.4 Å². The zero-order chi connectivity index (χ0) is 43.7. The van der Waals surface area contributed by atoms with Crippen molar-refractivity contribution in [3.05, 3.63) is 85.1 Å². The number of hydrogen-bond donors (Lipinski definition) is 2. The fraction of sp³-hybridized carbons (Fsp3) is 0.706. The summed E-state index contributed by atoms with van der Waals surface area (Å²) in [6.45, 7) is 4.70. The maximum Gasteiger partial charge on any atom is 0.472 e. The van der Waals surface area contributed by atoms with Crippen molar-refractivity contribution in [1.29, 1.82) is 0 Å². The van der Waals surface area contributed by atoms with Gasteiger partial charge in [0.2, 0.25) is 0 Å². The van der Waals surface area contributed by atoms with E-state index in [9.17, 15) is 14.3 Å². The lowest BCUT2D eigenvalue weighted by Crippen LogP contribution is -2.28. The maximum atomic E-state index is 12.6. The van der Waals surface area contributed by atoms with E-state index in [1.54, 1.807) is 0 Å². The van der Waals surface area contributed by atoms with Gasteiger partial charge in [0.1, 0.15) is 6.10 Å². The second kappa shape index (κ2) is 47.7. The molecule has 0 rings (SSSR count). The predicted molar refractivity (Wildman–Crippen MR) is 256 cm³/mol. The molecule has 346 valence electrons. The van der Waals surface area contributed by atoms with Crippen LogP contribution in [0.15, 0.2) is 85.1 Å². The Morgan fingerprint density at radius 1 is 0.517 bits per heavy atom. The van der Waals surface area contributed by atoms with E-state index in [1.807, 2.05) is 12.2 Å². The molecule has 0 aliphatic heterocycles. The summed E-state index contributed by atoms with van der Waals surface area (Å²) in [7, 11) is -4.31. The molecule has 0 aromatic rings. The molecular weight excluding hydrogens is 770 g/mol. The largest absolute Gasteiger partial charge is 0.472 e. The molecule has 8 nitrogen and oxygen atoms in total. The van der Waals surface area contributed by atoms with Gasteiger partial charge in [0.05, 0.1) is 19.8 Å². The Morgan fingerprint density at radius 3 is 1.40 bits per heavy atom. The van der Waals surface area contributed by atoms with E-state index in [4.69, 9.17) is 24.3 Å². The number of hydrogen-bond acceptors (Lipinski definition) is 7. The normalized spacial score (nSPS) is 14.1. The van der Waals surface area contributed by atoms with Crippen molar-refractivity contribution in [2.75, 3.05) is 33.0 Å². The van der Waals surface area contributed by atoms with Gasteiger partial charge in [-0.1, -0.05) is 195 Å². The summed E-state index contributed by atoms with van der Waals surface area (Å²) in [6, 6.07) is 0. The van der Waals surface area contributed by atoms with Crippen LogP contribution in [0, 0.1) is 0 Å². The molecule has 60 heavy (non-hydrogen) atoms. The van der Waals surface area contributed by atoms with Gasteiger partial charge in [-0.15, -0.1) is 0 Å². The summed E-state index contributed by atoms with van der Waals surface area (Å²) in [5.74, 6) is -0.413. The van der Waals surface area contributed by atoms with Crippen molar-refractivity contribution in [3.63, 3.8) is 0 Å². The van der Waals surface area contributed by atoms with Gasteiger partial charge in [0, 0.05) is 19.6 Å². The maximum absolute atomic E-state index is 12.6. The van der Waals surface area contributed by atoms with E-state index >= 15 is 0 Å². The molecular formula is C51H90NO7P. The van der Waals surface area contributed by atoms with Gasteiger partial charge in [-0.3, -0.25) is 13.8 Å². The highest BCUT2D eigenvalue weighted by atomic mass is 31.2. The number of phosphoric ester groups is 1. The Kier molecular flexibility index (Phi) is 45.9. The Labute approximate surface area is 368 Å². The number of esters is 1. The van der Waals surface area contributed by atoms with Crippen LogP contribution in [-0.4, -0.2) is 49.9 Å². The third kappa shape index (κ3) is 46.7. The number of allylic oxidation sites excluding steroid dienone is 14. The van der Waals surface area contributed by atoms with Crippen LogP contribution in [0.4, 0.5) is 0 Å². The van der Waals surface area contributed by atoms with Crippen LogP contribution in [0.25, 0.3) is 0 Å². The van der Waals surface area contributed by atoms with Gasteiger partial charge < -0.3 is 20.1 Å². The smallest absolute Gasteiger partial charge is 0.457 e. The molecule has 9 heteroatoms. The Bertz CT molecular complexity index is 1190. The lowest BCUT2D eigenvalue weighted by molar-refractivity contribution is -0.154. The van der Waals surface area contributed by atoms with E-state index in [2.05, 4.69) is 86.8 Å². The van der Waals surface area contributed by atoms with Crippen LogP contribution >= 0.6 is 7.82 Å². The number of nitrogens with two attached hydrogens (primary N) is 1. The molecule has 0 aromatic heterocycles. The first-order valence-electron chi connectivity index (χ1n) is 24.1. The molecule has 0 saturated heterocycles. The second-order valence-corrected chi connectivity index (χ2v) is 17.0. The first kappa shape index (κ1) is 57.7. The van der Waals surface area contributed by atoms with Gasteiger partial charge in [0.25, 0.3) is 0 Å². The van der Waals surface area contributed by atoms with E-state index < -0.39 is 19.9 Å². The van der Waals surface area contributed by atoms with Crippen LogP contribution < -0.4 is 5.73 Å². The number of rotatable bonds is 45. The van der Waals surface area contributed by atoms with Gasteiger partial charge in [0.15, 0.2) is 0 Å². The van der Waals surface area contributed by atoms with Crippen LogP contribution in [0.5, 0.6) is 0 Å². The molecule has 0 aromatic carbocycles. The lowest BCUT2D eigenvalue weighted by atomic mass is 10.1. The van der Waals surface area contributed by atoms with Gasteiger partial charge in [-0.05, 0) is 77.0 Å². The van der Waals surface area contributed by atoms with Crippen molar-refractivity contribution >= 4 is 13.8 Å². The monoisotopic (exact) mass is 860 g/mol. The van der Waals surface area contributed by atoms with Crippen LogP contribution in [0.1, 0.15) is 194 Å². The minimum absolute atomic E-state index is 0.0809. The molecule has 0 aliphatic rings. The van der Waals surface area contributed by atoms with Crippen LogP contribution in [0.3, 0.4) is 0 Å². The van der Waals surface area contributed by atoms with Crippen molar-refractivity contribution in [3.8, 4) is 0 Å². The van der Waals surface area contributed by atoms with Gasteiger partial charge in [-0.2, -0.15) is 0 Å². The van der Waals surface area contributed by atoms with Crippen molar-refractivity contribution in [1.82, 2.24) is 0 Å². The average Bonchev–Trinajstić information content (AvgIpc) is 3.24. The first-order chi connectivity index (χ1) is 29.4. The molecule has 0 fully saturated rings. The number of carbonyl (C=O) groups excluding carboxylic acids is 1. The fourth-order valence-electron chi connectivity index (χ4n) is 6.31. The molecule has 2 atom stereocenters. The SMILES string of the molecule is CC/C=C\C/C=C\C/C=C\C/C=C\C/C=C\C/C=C\CCC(=O)OC(COCCCCCCCCCCCC/C=C\CCCCCCCCCC)COP(=O)(O)OCCN. The number of ether oxygens (including phenoxy) is 2. The molecule has 0 heterocycles. The van der Waals surface area contributed by atoms with Crippen LogP contribution in [0.2, 0.25) is 0 Å². The van der Waals surface area contributed by atoms with Gasteiger partial charge >= 0.3 is 13.8 Å². The highest BCUT2D eigenvalue weighted by molar-refractivity contribution is 7.47. The minimum atomic E-state index is -4.31. The molecule has 3 N–H and O–H groups in total. The highest BCUT2D eigenvalue weighted by Gasteiger charge is 2.25. The lowest BCUT2D eigenvalue weighted by Gasteiger charge is -2.20. The topological polar surface area (TPSA) is 117 Å². The van der Waals surface area contributed by atoms with E-state index in [1.165, 1.54) is 116 Å². The quantitative estimate of drug-likeness (QED) is 0.0269. The highest BCUT2D eigenvalue weighted by Crippen LogP contribution is 2.43. The number of phosphoric acid groups is 1. The third-order valence-corrected chi connectivity index (χ3v) is 10.8. The third-order valence-electron chi connectivity index (χ3n) is 9.81. The standard InChI is InChI=1S/C51H90NO7P/c1-3-5-7-9-11-13-15-17-19-21-23-24-25-27-29-31-33-35-37-39-41-43-46-56-48-50(49-58-60(54,55)57-47-45-52)59-51(53)44-42-40-38-36-34-32-30-28-26-22-20-18-16-14-12-10-8-6-4-2/h6,8,12,14,18,20-21,23,26,28,32,34,38,40,50H,3-5,7,9-11,13,15-17,19,22,24-25,27,29-31,33,35-37,39,41-49,52H2,1-2H3,(H,54,55)/b8-6-,14-12-,20-18-,23-21-,28-26-,34-32-,40-38-. The minimum Gasteiger partial charge on any atom is -0.457 e. The van der Waals surface area contributed by atoms with Crippen molar-refractivity contribution < 1.29 is 32.8 Å². The summed E-state index contributed by atoms with van der Waals surface area (Å²) in [4.78, 5) is 22.5. The first-order valence-corrected chi connectivity index (χ1v) is 25.6. The Morgan fingerprint density at radius 2 is 0.933 bits per heavy atom. The molecule has 2 unspecified atom stereocenters. The molecule has 0 saturated carbocycles. The Hall–Kier alpha value is -2.32. The van der Waals surface area contributed by atoms with Crippen LogP contribution in [-0.2, 0) is 27.9 Å². The zero-order valence-corrected chi connectivity index (χ0v) is 39.3. The summed E-state index contributed by atoms with van der Waals surface area (Å²) >= 11 is 0.